The number of hydrogen-bond donors (Lipinski definition) is 1. The number of sulfonamides is 1. The van der Waals surface area contributed by atoms with Crippen molar-refractivity contribution in [2.45, 2.75) is 13.8 Å². The molecule has 4 rings (SSSR count). The Morgan fingerprint density at radius 1 is 1.03 bits per heavy atom. The van der Waals surface area contributed by atoms with Gasteiger partial charge in [0.05, 0.1) is 10.9 Å². The van der Waals surface area contributed by atoms with Crippen LogP contribution in [0, 0.1) is 6.92 Å². The molecule has 2 aromatic carbocycles. The normalized spacial score (nSPS) is 16.0. The summed E-state index contributed by atoms with van der Waals surface area (Å²) >= 11 is 0. The van der Waals surface area contributed by atoms with E-state index >= 15 is 0 Å². The third-order valence-corrected chi connectivity index (χ3v) is 6.83. The summed E-state index contributed by atoms with van der Waals surface area (Å²) in [6, 6.07) is 17.1. The van der Waals surface area contributed by atoms with Crippen molar-refractivity contribution >= 4 is 38.0 Å². The first kappa shape index (κ1) is 21.3. The van der Waals surface area contributed by atoms with E-state index in [1.54, 1.807) is 13.0 Å². The van der Waals surface area contributed by atoms with Gasteiger partial charge < -0.3 is 9.80 Å². The molecule has 0 unspecified atom stereocenters. The molecular weight excluding hydrogens is 408 g/mol. The zero-order valence-corrected chi connectivity index (χ0v) is 19.0. The molecule has 162 valence electrons. The maximum Gasteiger partial charge on any atom is 0.255 e. The van der Waals surface area contributed by atoms with Gasteiger partial charge >= 0.3 is 0 Å². The second-order valence-corrected chi connectivity index (χ2v) is 9.66. The number of piperazine rings is 1. The van der Waals surface area contributed by atoms with E-state index in [0.717, 1.165) is 54.0 Å². The molecule has 0 bridgehead atoms. The number of pyridine rings is 1. The van der Waals surface area contributed by atoms with Crippen molar-refractivity contribution in [3.05, 3.63) is 71.1 Å². The number of hydrogen-bond acceptors (Lipinski definition) is 5. The van der Waals surface area contributed by atoms with Crippen LogP contribution in [0.2, 0.25) is 0 Å². The fourth-order valence-electron chi connectivity index (χ4n) is 3.83. The van der Waals surface area contributed by atoms with Crippen molar-refractivity contribution in [3.8, 4) is 0 Å². The van der Waals surface area contributed by atoms with Crippen molar-refractivity contribution in [2.75, 3.05) is 42.8 Å². The molecule has 0 spiro atoms. The number of aromatic nitrogens is 1. The number of benzene rings is 2. The topological polar surface area (TPSA) is 65.5 Å². The summed E-state index contributed by atoms with van der Waals surface area (Å²) in [5.41, 5.74) is 4.04. The SMILES string of the molecule is CC(=CS(=O)(=O)Nc1ccc2nc(N3CCN(C)CC3)cc(C)c2c1)c1ccccc1. The highest BCUT2D eigenvalue weighted by molar-refractivity contribution is 7.95. The van der Waals surface area contributed by atoms with E-state index in [-0.39, 0.29) is 0 Å². The van der Waals surface area contributed by atoms with Crippen molar-refractivity contribution in [2.24, 2.45) is 0 Å². The molecule has 0 amide bonds. The molecule has 7 heteroatoms. The van der Waals surface area contributed by atoms with Crippen LogP contribution in [0.15, 0.2) is 60.0 Å². The first-order chi connectivity index (χ1) is 14.8. The van der Waals surface area contributed by atoms with Crippen LogP contribution in [0.4, 0.5) is 11.5 Å². The van der Waals surface area contributed by atoms with Gasteiger partial charge in [0, 0.05) is 37.3 Å². The molecule has 0 radical (unpaired) electrons. The van der Waals surface area contributed by atoms with Crippen LogP contribution in [0.25, 0.3) is 16.5 Å². The highest BCUT2D eigenvalue weighted by Gasteiger charge is 2.17. The zero-order chi connectivity index (χ0) is 22.0. The second-order valence-electron chi connectivity index (χ2n) is 8.13. The van der Waals surface area contributed by atoms with Gasteiger partial charge in [-0.05, 0) is 61.9 Å². The Bertz CT molecular complexity index is 1220. The Morgan fingerprint density at radius 3 is 2.45 bits per heavy atom. The lowest BCUT2D eigenvalue weighted by atomic mass is 10.1. The van der Waals surface area contributed by atoms with E-state index in [1.165, 1.54) is 5.41 Å². The summed E-state index contributed by atoms with van der Waals surface area (Å²) in [5, 5.41) is 2.22. The quantitative estimate of drug-likeness (QED) is 0.652. The van der Waals surface area contributed by atoms with E-state index < -0.39 is 10.0 Å². The predicted octanol–water partition coefficient (Wildman–Crippen LogP) is 4.10. The van der Waals surface area contributed by atoms with Gasteiger partial charge in [0.2, 0.25) is 0 Å². The van der Waals surface area contributed by atoms with Gasteiger partial charge in [0.15, 0.2) is 0 Å². The Morgan fingerprint density at radius 2 is 1.74 bits per heavy atom. The zero-order valence-electron chi connectivity index (χ0n) is 18.2. The van der Waals surface area contributed by atoms with Crippen molar-refractivity contribution in [1.82, 2.24) is 9.88 Å². The fraction of sp³-hybridized carbons (Fsp3) is 0.292. The smallest absolute Gasteiger partial charge is 0.255 e. The number of nitrogens with zero attached hydrogens (tertiary/aromatic N) is 3. The minimum atomic E-state index is -3.64. The Balaban J connectivity index is 1.58. The largest absolute Gasteiger partial charge is 0.354 e. The number of likely N-dealkylation sites (N-methyl/N-ethyl adjacent to an activating group) is 1. The maximum absolute atomic E-state index is 12.7. The average molecular weight is 437 g/mol. The summed E-state index contributed by atoms with van der Waals surface area (Å²) in [5.74, 6) is 0.979. The summed E-state index contributed by atoms with van der Waals surface area (Å²) in [7, 11) is -1.50. The molecule has 1 fully saturated rings. The molecule has 6 nitrogen and oxygen atoms in total. The highest BCUT2D eigenvalue weighted by Crippen LogP contribution is 2.27. The number of nitrogens with one attached hydrogen (secondary N) is 1. The second kappa shape index (κ2) is 8.69. The van der Waals surface area contributed by atoms with E-state index in [2.05, 4.69) is 27.6 Å². The third kappa shape index (κ3) is 5.06. The number of fused-ring (bicyclic) bond motifs is 1. The number of allylic oxidation sites excluding steroid dienone is 1. The monoisotopic (exact) mass is 436 g/mol. The summed E-state index contributed by atoms with van der Waals surface area (Å²) in [4.78, 5) is 9.45. The molecule has 1 aliphatic heterocycles. The van der Waals surface area contributed by atoms with Crippen molar-refractivity contribution in [1.29, 1.82) is 0 Å². The van der Waals surface area contributed by atoms with E-state index in [4.69, 9.17) is 4.98 Å². The Labute approximate surface area is 184 Å². The lowest BCUT2D eigenvalue weighted by Gasteiger charge is -2.33. The standard InChI is InChI=1S/C24H28N4O2S/c1-18-15-24(28-13-11-27(3)12-14-28)25-23-10-9-21(16-22(18)23)26-31(29,30)17-19(2)20-7-5-4-6-8-20/h4-10,15-17,26H,11-14H2,1-3H3. The third-order valence-electron chi connectivity index (χ3n) is 5.65. The van der Waals surface area contributed by atoms with Gasteiger partial charge in [-0.2, -0.15) is 0 Å². The van der Waals surface area contributed by atoms with Crippen LogP contribution in [-0.4, -0.2) is 51.5 Å². The van der Waals surface area contributed by atoms with Crippen molar-refractivity contribution < 1.29 is 8.42 Å². The van der Waals surface area contributed by atoms with Crippen LogP contribution in [-0.2, 0) is 10.0 Å². The van der Waals surface area contributed by atoms with Crippen LogP contribution >= 0.6 is 0 Å². The molecule has 1 aliphatic rings. The van der Waals surface area contributed by atoms with E-state index in [9.17, 15) is 8.42 Å². The van der Waals surface area contributed by atoms with E-state index in [1.807, 2.05) is 49.4 Å². The molecule has 1 N–H and O–H groups in total. The van der Waals surface area contributed by atoms with E-state index in [0.29, 0.717) is 11.3 Å². The lowest BCUT2D eigenvalue weighted by molar-refractivity contribution is 0.312. The van der Waals surface area contributed by atoms with Crippen LogP contribution < -0.4 is 9.62 Å². The molecular formula is C24H28N4O2S. The fourth-order valence-corrected chi connectivity index (χ4v) is 4.95. The predicted molar refractivity (Wildman–Crippen MR) is 129 cm³/mol. The van der Waals surface area contributed by atoms with Gasteiger partial charge in [-0.1, -0.05) is 30.3 Å². The molecule has 0 atom stereocenters. The summed E-state index contributed by atoms with van der Waals surface area (Å²) < 4.78 is 28.0. The average Bonchev–Trinajstić information content (AvgIpc) is 2.74. The molecule has 1 saturated heterocycles. The summed E-state index contributed by atoms with van der Waals surface area (Å²) in [6.07, 6.45) is 0. The molecule has 0 aliphatic carbocycles. The van der Waals surface area contributed by atoms with Crippen LogP contribution in [0.3, 0.4) is 0 Å². The Kier molecular flexibility index (Phi) is 5.98. The molecule has 31 heavy (non-hydrogen) atoms. The molecule has 3 aromatic rings. The lowest BCUT2D eigenvalue weighted by Crippen LogP contribution is -2.44. The van der Waals surface area contributed by atoms with Crippen LogP contribution in [0.1, 0.15) is 18.1 Å². The van der Waals surface area contributed by atoms with Gasteiger partial charge in [0.1, 0.15) is 5.82 Å². The highest BCUT2D eigenvalue weighted by atomic mass is 32.2. The molecule has 1 aromatic heterocycles. The van der Waals surface area contributed by atoms with Gasteiger partial charge in [0.25, 0.3) is 10.0 Å². The van der Waals surface area contributed by atoms with Crippen LogP contribution in [0.5, 0.6) is 0 Å². The molecule has 0 saturated carbocycles. The number of rotatable bonds is 5. The van der Waals surface area contributed by atoms with Gasteiger partial charge in [-0.3, -0.25) is 4.72 Å². The molecule has 2 heterocycles. The first-order valence-corrected chi connectivity index (χ1v) is 12.0. The minimum absolute atomic E-state index is 0.529. The number of anilines is 2. The number of aryl methyl sites for hydroxylation is 1. The first-order valence-electron chi connectivity index (χ1n) is 10.4. The summed E-state index contributed by atoms with van der Waals surface area (Å²) in [6.45, 7) is 7.80. The maximum atomic E-state index is 12.7. The minimum Gasteiger partial charge on any atom is -0.354 e. The van der Waals surface area contributed by atoms with Gasteiger partial charge in [-0.25, -0.2) is 13.4 Å². The van der Waals surface area contributed by atoms with Crippen molar-refractivity contribution in [3.63, 3.8) is 0 Å². The Hall–Kier alpha value is -2.90. The van der Waals surface area contributed by atoms with Gasteiger partial charge in [-0.15, -0.1) is 0 Å².